The van der Waals surface area contributed by atoms with Crippen LogP contribution in [0, 0.1) is 0 Å². The summed E-state index contributed by atoms with van der Waals surface area (Å²) in [5, 5.41) is 12.7. The number of benzene rings is 2. The summed E-state index contributed by atoms with van der Waals surface area (Å²) in [5.41, 5.74) is 1.25. The Bertz CT molecular complexity index is 706. The third-order valence-electron chi connectivity index (χ3n) is 2.99. The van der Waals surface area contributed by atoms with Gasteiger partial charge in [0.1, 0.15) is 10.0 Å². The lowest BCUT2D eigenvalue weighted by atomic mass is 10.1. The molecular formula is C15H13ClN2S. The Morgan fingerprint density at radius 3 is 2.63 bits per heavy atom. The number of nitrogens with zero attached hydrogens (tertiary/aromatic N) is 2. The van der Waals surface area contributed by atoms with Gasteiger partial charge < -0.3 is 0 Å². The van der Waals surface area contributed by atoms with E-state index >= 15 is 0 Å². The molecule has 0 aliphatic rings. The fourth-order valence-electron chi connectivity index (χ4n) is 2.02. The van der Waals surface area contributed by atoms with Gasteiger partial charge in [-0.1, -0.05) is 53.8 Å². The molecule has 4 heteroatoms. The van der Waals surface area contributed by atoms with Gasteiger partial charge in [0.2, 0.25) is 0 Å². The third kappa shape index (κ3) is 2.77. The van der Waals surface area contributed by atoms with Crippen molar-refractivity contribution in [3.05, 3.63) is 58.0 Å². The summed E-state index contributed by atoms with van der Waals surface area (Å²) in [6, 6.07) is 14.9. The summed E-state index contributed by atoms with van der Waals surface area (Å²) < 4.78 is 0. The second-order valence-electron chi connectivity index (χ2n) is 4.51. The van der Waals surface area contributed by atoms with E-state index in [0.29, 0.717) is 0 Å². The Balaban J connectivity index is 1.87. The molecule has 0 fully saturated rings. The van der Waals surface area contributed by atoms with Crippen molar-refractivity contribution >= 4 is 33.7 Å². The maximum absolute atomic E-state index is 6.01. The van der Waals surface area contributed by atoms with Gasteiger partial charge in [-0.05, 0) is 23.3 Å². The Morgan fingerprint density at radius 1 is 1.11 bits per heavy atom. The minimum absolute atomic E-state index is 0.0668. The van der Waals surface area contributed by atoms with Crippen molar-refractivity contribution in [2.24, 2.45) is 0 Å². The summed E-state index contributed by atoms with van der Waals surface area (Å²) in [4.78, 5) is 0. The number of aromatic nitrogens is 2. The van der Waals surface area contributed by atoms with Crippen LogP contribution in [0.25, 0.3) is 10.8 Å². The van der Waals surface area contributed by atoms with Gasteiger partial charge in [0.05, 0.1) is 5.38 Å². The maximum atomic E-state index is 6.01. The van der Waals surface area contributed by atoms with Gasteiger partial charge >= 0.3 is 0 Å². The molecule has 3 rings (SSSR count). The monoisotopic (exact) mass is 288 g/mol. The van der Waals surface area contributed by atoms with Crippen molar-refractivity contribution in [1.82, 2.24) is 10.2 Å². The molecule has 2 nitrogen and oxygen atoms in total. The largest absolute Gasteiger partial charge is 0.143 e. The zero-order chi connectivity index (χ0) is 13.2. The molecule has 1 atom stereocenters. The summed E-state index contributed by atoms with van der Waals surface area (Å²) in [7, 11) is 0. The van der Waals surface area contributed by atoms with Crippen LogP contribution in [0.1, 0.15) is 27.9 Å². The lowest BCUT2D eigenvalue weighted by Gasteiger charge is -2.01. The molecule has 19 heavy (non-hydrogen) atoms. The van der Waals surface area contributed by atoms with Crippen LogP contribution in [0.5, 0.6) is 0 Å². The molecule has 0 saturated heterocycles. The van der Waals surface area contributed by atoms with Crippen LogP contribution in [0.15, 0.2) is 42.5 Å². The normalized spacial score (nSPS) is 12.7. The van der Waals surface area contributed by atoms with E-state index in [4.69, 9.17) is 11.6 Å². The quantitative estimate of drug-likeness (QED) is 0.659. The highest BCUT2D eigenvalue weighted by atomic mass is 35.5. The van der Waals surface area contributed by atoms with Crippen molar-refractivity contribution in [2.45, 2.75) is 18.7 Å². The van der Waals surface area contributed by atoms with Crippen LogP contribution in [-0.4, -0.2) is 10.2 Å². The predicted octanol–water partition coefficient (Wildman–Crippen LogP) is 4.58. The van der Waals surface area contributed by atoms with Crippen molar-refractivity contribution in [3.8, 4) is 0 Å². The smallest absolute Gasteiger partial charge is 0.135 e. The minimum Gasteiger partial charge on any atom is -0.143 e. The molecule has 0 N–H and O–H groups in total. The van der Waals surface area contributed by atoms with E-state index in [1.807, 2.05) is 6.92 Å². The molecule has 2 aromatic carbocycles. The van der Waals surface area contributed by atoms with E-state index in [1.165, 1.54) is 16.3 Å². The highest BCUT2D eigenvalue weighted by Crippen LogP contribution is 2.25. The van der Waals surface area contributed by atoms with Crippen LogP contribution in [0.4, 0.5) is 0 Å². The lowest BCUT2D eigenvalue weighted by Crippen LogP contribution is -1.87. The predicted molar refractivity (Wildman–Crippen MR) is 80.9 cm³/mol. The standard InChI is InChI=1S/C15H13ClN2S/c1-10(16)15-18-17-14(19-15)9-11-6-7-12-4-2-3-5-13(12)8-11/h2-8,10H,9H2,1H3. The Kier molecular flexibility index (Phi) is 3.49. The zero-order valence-corrected chi connectivity index (χ0v) is 12.1. The molecule has 96 valence electrons. The molecule has 1 unspecified atom stereocenters. The highest BCUT2D eigenvalue weighted by molar-refractivity contribution is 7.11. The van der Waals surface area contributed by atoms with E-state index in [-0.39, 0.29) is 5.38 Å². The summed E-state index contributed by atoms with van der Waals surface area (Å²) in [5.74, 6) is 0. The molecule has 1 aromatic heterocycles. The van der Waals surface area contributed by atoms with E-state index in [0.717, 1.165) is 16.4 Å². The number of fused-ring (bicyclic) bond motifs is 1. The maximum Gasteiger partial charge on any atom is 0.135 e. The molecule has 0 radical (unpaired) electrons. The first kappa shape index (κ1) is 12.6. The van der Waals surface area contributed by atoms with Crippen LogP contribution >= 0.6 is 22.9 Å². The molecule has 0 aliphatic heterocycles. The Labute approximate surface area is 121 Å². The summed E-state index contributed by atoms with van der Waals surface area (Å²) >= 11 is 7.59. The van der Waals surface area contributed by atoms with Gasteiger partial charge in [0.15, 0.2) is 0 Å². The van der Waals surface area contributed by atoms with Gasteiger partial charge in [0.25, 0.3) is 0 Å². The van der Waals surface area contributed by atoms with Gasteiger partial charge in [-0.3, -0.25) is 0 Å². The molecule has 0 aliphatic carbocycles. The number of hydrogen-bond donors (Lipinski definition) is 0. The van der Waals surface area contributed by atoms with E-state index in [1.54, 1.807) is 11.3 Å². The van der Waals surface area contributed by atoms with E-state index in [2.05, 4.69) is 52.7 Å². The molecule has 0 bridgehead atoms. The second-order valence-corrected chi connectivity index (χ2v) is 6.26. The minimum atomic E-state index is -0.0668. The van der Waals surface area contributed by atoms with Crippen LogP contribution in [0.3, 0.4) is 0 Å². The first-order chi connectivity index (χ1) is 9.22. The first-order valence-corrected chi connectivity index (χ1v) is 7.42. The number of alkyl halides is 1. The topological polar surface area (TPSA) is 25.8 Å². The van der Waals surface area contributed by atoms with Gasteiger partial charge in [-0.25, -0.2) is 0 Å². The van der Waals surface area contributed by atoms with Crippen LogP contribution in [0.2, 0.25) is 0 Å². The SMILES string of the molecule is CC(Cl)c1nnc(Cc2ccc3ccccc3c2)s1. The van der Waals surface area contributed by atoms with Crippen LogP contribution in [-0.2, 0) is 6.42 Å². The van der Waals surface area contributed by atoms with Crippen molar-refractivity contribution in [2.75, 3.05) is 0 Å². The van der Waals surface area contributed by atoms with Crippen molar-refractivity contribution in [1.29, 1.82) is 0 Å². The molecule has 1 heterocycles. The molecule has 0 saturated carbocycles. The number of rotatable bonds is 3. The summed E-state index contributed by atoms with van der Waals surface area (Å²) in [6.45, 7) is 1.92. The Morgan fingerprint density at radius 2 is 1.89 bits per heavy atom. The van der Waals surface area contributed by atoms with Crippen molar-refractivity contribution < 1.29 is 0 Å². The molecular weight excluding hydrogens is 276 g/mol. The highest BCUT2D eigenvalue weighted by Gasteiger charge is 2.09. The fourth-order valence-corrected chi connectivity index (χ4v) is 3.01. The lowest BCUT2D eigenvalue weighted by molar-refractivity contribution is 0.931. The second kappa shape index (κ2) is 5.27. The summed E-state index contributed by atoms with van der Waals surface area (Å²) in [6.07, 6.45) is 0.812. The zero-order valence-electron chi connectivity index (χ0n) is 10.5. The van der Waals surface area contributed by atoms with E-state index in [9.17, 15) is 0 Å². The van der Waals surface area contributed by atoms with Gasteiger partial charge in [0, 0.05) is 6.42 Å². The molecule has 0 amide bonds. The van der Waals surface area contributed by atoms with Gasteiger partial charge in [-0.15, -0.1) is 21.8 Å². The van der Waals surface area contributed by atoms with E-state index < -0.39 is 0 Å². The van der Waals surface area contributed by atoms with Crippen LogP contribution < -0.4 is 0 Å². The fraction of sp³-hybridized carbons (Fsp3) is 0.200. The molecule has 0 spiro atoms. The van der Waals surface area contributed by atoms with Crippen molar-refractivity contribution in [3.63, 3.8) is 0 Å². The number of halogens is 1. The average molecular weight is 289 g/mol. The Hall–Kier alpha value is -1.45. The molecule has 3 aromatic rings. The number of hydrogen-bond acceptors (Lipinski definition) is 3. The van der Waals surface area contributed by atoms with Gasteiger partial charge in [-0.2, -0.15) is 0 Å². The third-order valence-corrected chi connectivity index (χ3v) is 4.43. The average Bonchev–Trinajstić information content (AvgIpc) is 2.87. The first-order valence-electron chi connectivity index (χ1n) is 6.16.